The molecule has 1 atom stereocenters. The molecule has 0 saturated heterocycles. The Morgan fingerprint density at radius 1 is 1.27 bits per heavy atom. The molecule has 0 aliphatic heterocycles. The van der Waals surface area contributed by atoms with E-state index in [1.165, 1.54) is 11.9 Å². The number of rotatable bonds is 4. The lowest BCUT2D eigenvalue weighted by molar-refractivity contribution is 0.0938. The normalized spacial score (nSPS) is 12.2. The van der Waals surface area contributed by atoms with Crippen molar-refractivity contribution in [2.24, 2.45) is 0 Å². The molecule has 2 N–H and O–H groups in total. The molecule has 0 aliphatic rings. The second kappa shape index (κ2) is 6.40. The van der Waals surface area contributed by atoms with Crippen LogP contribution in [0.4, 0.5) is 0 Å². The molecule has 3 heterocycles. The number of amides is 1. The van der Waals surface area contributed by atoms with E-state index in [4.69, 9.17) is 0 Å². The van der Waals surface area contributed by atoms with Crippen molar-refractivity contribution in [2.75, 3.05) is 0 Å². The van der Waals surface area contributed by atoms with E-state index >= 15 is 0 Å². The number of aromatic nitrogens is 6. The summed E-state index contributed by atoms with van der Waals surface area (Å²) in [6.07, 6.45) is 4.72. The number of nitrogens with one attached hydrogen (secondary N) is 2. The van der Waals surface area contributed by atoms with Crippen molar-refractivity contribution in [3.05, 3.63) is 66.1 Å². The third kappa shape index (κ3) is 2.92. The number of hydrogen-bond acceptors (Lipinski definition) is 5. The topological polar surface area (TPSA) is 101 Å². The van der Waals surface area contributed by atoms with E-state index in [1.807, 2.05) is 44.2 Å². The maximum atomic E-state index is 12.7. The van der Waals surface area contributed by atoms with E-state index in [-0.39, 0.29) is 11.9 Å². The van der Waals surface area contributed by atoms with Gasteiger partial charge in [0, 0.05) is 11.8 Å². The van der Waals surface area contributed by atoms with Crippen molar-refractivity contribution < 1.29 is 4.79 Å². The predicted molar refractivity (Wildman–Crippen MR) is 95.4 cm³/mol. The average Bonchev–Trinajstić information content (AvgIpc) is 3.33. The van der Waals surface area contributed by atoms with Gasteiger partial charge in [0.05, 0.1) is 11.6 Å². The van der Waals surface area contributed by atoms with Gasteiger partial charge >= 0.3 is 0 Å². The van der Waals surface area contributed by atoms with E-state index in [2.05, 4.69) is 30.7 Å². The molecule has 8 heteroatoms. The van der Waals surface area contributed by atoms with Crippen molar-refractivity contribution in [1.82, 2.24) is 35.1 Å². The Bertz CT molecular complexity index is 1050. The Kier molecular flexibility index (Phi) is 3.92. The molecule has 0 bridgehead atoms. The first kappa shape index (κ1) is 15.9. The van der Waals surface area contributed by atoms with Crippen LogP contribution in [0.2, 0.25) is 0 Å². The van der Waals surface area contributed by atoms with Crippen LogP contribution in [0.15, 0.2) is 49.2 Å². The van der Waals surface area contributed by atoms with E-state index in [0.29, 0.717) is 17.0 Å². The van der Waals surface area contributed by atoms with Gasteiger partial charge in [-0.15, -0.1) is 10.2 Å². The van der Waals surface area contributed by atoms with Gasteiger partial charge in [0.2, 0.25) is 0 Å². The first-order chi connectivity index (χ1) is 12.6. The van der Waals surface area contributed by atoms with Crippen LogP contribution < -0.4 is 5.32 Å². The van der Waals surface area contributed by atoms with Crippen LogP contribution in [0, 0.1) is 6.92 Å². The fraction of sp³-hybridized carbons (Fsp3) is 0.167. The van der Waals surface area contributed by atoms with E-state index in [0.717, 1.165) is 11.1 Å². The SMILES string of the molecule is Cc1ccc(-c2cc(C(=O)N[C@@H](C)c3ncn[nH]3)cn3cnnc23)cc1. The molecule has 4 rings (SSSR count). The Labute approximate surface area is 149 Å². The predicted octanol–water partition coefficient (Wildman–Crippen LogP) is 2.31. The molecule has 0 aliphatic carbocycles. The minimum atomic E-state index is -0.288. The van der Waals surface area contributed by atoms with Gasteiger partial charge in [-0.05, 0) is 25.5 Å². The summed E-state index contributed by atoms with van der Waals surface area (Å²) in [5.74, 6) is 0.389. The van der Waals surface area contributed by atoms with E-state index < -0.39 is 0 Å². The third-order valence-electron chi connectivity index (χ3n) is 4.21. The smallest absolute Gasteiger partial charge is 0.253 e. The van der Waals surface area contributed by atoms with Crippen molar-refractivity contribution in [2.45, 2.75) is 19.9 Å². The minimum absolute atomic E-state index is 0.210. The molecular weight excluding hydrogens is 330 g/mol. The summed E-state index contributed by atoms with van der Waals surface area (Å²) >= 11 is 0. The number of fused-ring (bicyclic) bond motifs is 1. The number of aromatic amines is 1. The first-order valence-corrected chi connectivity index (χ1v) is 8.18. The number of benzene rings is 1. The van der Waals surface area contributed by atoms with Gasteiger partial charge in [0.15, 0.2) is 5.65 Å². The second-order valence-electron chi connectivity index (χ2n) is 6.14. The van der Waals surface area contributed by atoms with Crippen molar-refractivity contribution in [3.8, 4) is 11.1 Å². The Morgan fingerprint density at radius 2 is 2.08 bits per heavy atom. The quantitative estimate of drug-likeness (QED) is 0.590. The molecule has 26 heavy (non-hydrogen) atoms. The Hall–Kier alpha value is -3.55. The molecular formula is C18H17N7O. The Balaban J connectivity index is 1.71. The highest BCUT2D eigenvalue weighted by atomic mass is 16.1. The molecule has 4 aromatic rings. The molecule has 0 unspecified atom stereocenters. The molecule has 0 fully saturated rings. The van der Waals surface area contributed by atoms with Crippen molar-refractivity contribution >= 4 is 11.6 Å². The van der Waals surface area contributed by atoms with Crippen LogP contribution in [0.25, 0.3) is 16.8 Å². The van der Waals surface area contributed by atoms with Gasteiger partial charge in [0.25, 0.3) is 5.91 Å². The summed E-state index contributed by atoms with van der Waals surface area (Å²) in [4.78, 5) is 16.8. The minimum Gasteiger partial charge on any atom is -0.342 e. The fourth-order valence-electron chi connectivity index (χ4n) is 2.78. The van der Waals surface area contributed by atoms with Crippen LogP contribution in [0.3, 0.4) is 0 Å². The number of nitrogens with zero attached hydrogens (tertiary/aromatic N) is 5. The highest BCUT2D eigenvalue weighted by molar-refractivity contribution is 5.96. The zero-order chi connectivity index (χ0) is 18.1. The largest absolute Gasteiger partial charge is 0.342 e. The highest BCUT2D eigenvalue weighted by Gasteiger charge is 2.17. The zero-order valence-electron chi connectivity index (χ0n) is 14.3. The van der Waals surface area contributed by atoms with Gasteiger partial charge in [-0.1, -0.05) is 29.8 Å². The molecule has 0 spiro atoms. The Morgan fingerprint density at radius 3 is 2.81 bits per heavy atom. The monoisotopic (exact) mass is 347 g/mol. The number of carbonyl (C=O) groups is 1. The van der Waals surface area contributed by atoms with E-state index in [1.54, 1.807) is 16.9 Å². The number of carbonyl (C=O) groups excluding carboxylic acids is 1. The van der Waals surface area contributed by atoms with Gasteiger partial charge in [0.1, 0.15) is 18.5 Å². The first-order valence-electron chi connectivity index (χ1n) is 8.18. The van der Waals surface area contributed by atoms with Crippen LogP contribution in [0.5, 0.6) is 0 Å². The maximum Gasteiger partial charge on any atom is 0.253 e. The standard InChI is InChI=1S/C18H17N7O/c1-11-3-5-13(6-4-11)15-7-14(8-25-10-21-24-17(15)25)18(26)22-12(2)16-19-9-20-23-16/h3-10,12H,1-2H3,(H,22,26)(H,19,20,23)/t12-/m0/s1. The lowest BCUT2D eigenvalue weighted by Gasteiger charge is -2.12. The average molecular weight is 347 g/mol. The zero-order valence-corrected chi connectivity index (χ0v) is 14.3. The van der Waals surface area contributed by atoms with Crippen LogP contribution >= 0.6 is 0 Å². The van der Waals surface area contributed by atoms with Gasteiger partial charge in [-0.3, -0.25) is 14.3 Å². The fourth-order valence-corrected chi connectivity index (χ4v) is 2.78. The summed E-state index contributed by atoms with van der Waals surface area (Å²) in [6.45, 7) is 3.88. The van der Waals surface area contributed by atoms with Crippen LogP contribution in [-0.4, -0.2) is 35.7 Å². The summed E-state index contributed by atoms with van der Waals surface area (Å²) in [5.41, 5.74) is 4.21. The summed E-state index contributed by atoms with van der Waals surface area (Å²) in [5, 5.41) is 17.6. The van der Waals surface area contributed by atoms with Crippen LogP contribution in [-0.2, 0) is 0 Å². The third-order valence-corrected chi connectivity index (χ3v) is 4.21. The number of aryl methyl sites for hydroxylation is 1. The van der Waals surface area contributed by atoms with Crippen molar-refractivity contribution in [3.63, 3.8) is 0 Å². The lowest BCUT2D eigenvalue weighted by Crippen LogP contribution is -2.27. The van der Waals surface area contributed by atoms with Crippen LogP contribution in [0.1, 0.15) is 34.7 Å². The molecule has 130 valence electrons. The molecule has 1 amide bonds. The molecule has 0 radical (unpaired) electrons. The van der Waals surface area contributed by atoms with Gasteiger partial charge in [-0.2, -0.15) is 5.10 Å². The van der Waals surface area contributed by atoms with Gasteiger partial charge in [-0.25, -0.2) is 4.98 Å². The number of pyridine rings is 1. The molecule has 8 nitrogen and oxygen atoms in total. The summed E-state index contributed by atoms with van der Waals surface area (Å²) < 4.78 is 1.75. The molecule has 3 aromatic heterocycles. The van der Waals surface area contributed by atoms with E-state index in [9.17, 15) is 4.79 Å². The molecule has 0 saturated carbocycles. The van der Waals surface area contributed by atoms with Crippen molar-refractivity contribution in [1.29, 1.82) is 0 Å². The molecule has 1 aromatic carbocycles. The highest BCUT2D eigenvalue weighted by Crippen LogP contribution is 2.25. The number of hydrogen-bond donors (Lipinski definition) is 2. The lowest BCUT2D eigenvalue weighted by atomic mass is 10.0. The second-order valence-corrected chi connectivity index (χ2v) is 6.14. The maximum absolute atomic E-state index is 12.7. The number of H-pyrrole nitrogens is 1. The summed E-state index contributed by atoms with van der Waals surface area (Å²) in [7, 11) is 0. The summed E-state index contributed by atoms with van der Waals surface area (Å²) in [6, 6.07) is 9.62. The van der Waals surface area contributed by atoms with Gasteiger partial charge < -0.3 is 5.32 Å².